The lowest BCUT2D eigenvalue weighted by Crippen LogP contribution is -2.11. The highest BCUT2D eigenvalue weighted by atomic mass is 16.5. The molecule has 0 aliphatic carbocycles. The van der Waals surface area contributed by atoms with E-state index in [0.717, 1.165) is 0 Å². The van der Waals surface area contributed by atoms with Crippen molar-refractivity contribution in [2.75, 3.05) is 18.2 Å². The second-order valence-corrected chi connectivity index (χ2v) is 4.57. The van der Waals surface area contributed by atoms with Crippen LogP contribution in [-0.2, 0) is 4.74 Å². The molecule has 1 amide bonds. The van der Waals surface area contributed by atoms with Gasteiger partial charge in [-0.05, 0) is 24.3 Å². The summed E-state index contributed by atoms with van der Waals surface area (Å²) in [6, 6.07) is 6.64. The van der Waals surface area contributed by atoms with E-state index in [1.807, 2.05) is 0 Å². The molecule has 3 aromatic heterocycles. The van der Waals surface area contributed by atoms with E-state index in [0.29, 0.717) is 22.8 Å². The molecule has 0 bridgehead atoms. The van der Waals surface area contributed by atoms with Gasteiger partial charge in [-0.25, -0.2) is 4.79 Å². The normalized spacial score (nSPS) is 10.2. The van der Waals surface area contributed by atoms with Gasteiger partial charge in [0.1, 0.15) is 11.4 Å². The number of hydrogen-bond acceptors (Lipinski definition) is 9. The fourth-order valence-corrected chi connectivity index (χ4v) is 1.74. The van der Waals surface area contributed by atoms with Crippen molar-refractivity contribution in [1.29, 1.82) is 0 Å². The van der Waals surface area contributed by atoms with Crippen LogP contribution in [0.15, 0.2) is 36.7 Å². The number of nitrogens with zero attached hydrogens (tertiary/aromatic N) is 6. The summed E-state index contributed by atoms with van der Waals surface area (Å²) in [5.41, 5.74) is 7.58. The van der Waals surface area contributed by atoms with Crippen molar-refractivity contribution >= 4 is 17.5 Å². The average molecular weight is 324 g/mol. The third-order valence-electron chi connectivity index (χ3n) is 2.92. The largest absolute Gasteiger partial charge is 0.453 e. The minimum absolute atomic E-state index is 0.249. The van der Waals surface area contributed by atoms with Gasteiger partial charge in [-0.15, -0.1) is 20.4 Å². The first kappa shape index (κ1) is 15.2. The Morgan fingerprint density at radius 3 is 2.00 bits per heavy atom. The summed E-state index contributed by atoms with van der Waals surface area (Å²) < 4.78 is 4.50. The SMILES string of the molecule is COC(=O)Nc1ccc(-c2nnc(-c3ccc(N)cn3)nn2)nc1. The molecule has 0 saturated heterocycles. The van der Waals surface area contributed by atoms with Gasteiger partial charge in [-0.1, -0.05) is 0 Å². The van der Waals surface area contributed by atoms with E-state index in [1.165, 1.54) is 19.5 Å². The molecule has 0 spiro atoms. The number of anilines is 2. The van der Waals surface area contributed by atoms with E-state index in [1.54, 1.807) is 24.3 Å². The predicted molar refractivity (Wildman–Crippen MR) is 84.5 cm³/mol. The highest BCUT2D eigenvalue weighted by Gasteiger charge is 2.09. The Kier molecular flexibility index (Phi) is 4.19. The molecule has 3 aromatic rings. The minimum atomic E-state index is -0.579. The lowest BCUT2D eigenvalue weighted by Gasteiger charge is -2.04. The van der Waals surface area contributed by atoms with Crippen molar-refractivity contribution in [1.82, 2.24) is 30.4 Å². The van der Waals surface area contributed by atoms with Gasteiger partial charge in [0.05, 0.1) is 30.9 Å². The predicted octanol–water partition coefficient (Wildman–Crippen LogP) is 1.15. The summed E-state index contributed by atoms with van der Waals surface area (Å²) in [6.07, 6.45) is 2.37. The molecule has 10 nitrogen and oxygen atoms in total. The van der Waals surface area contributed by atoms with Gasteiger partial charge in [0, 0.05) is 0 Å². The van der Waals surface area contributed by atoms with Crippen molar-refractivity contribution in [3.8, 4) is 23.0 Å². The Morgan fingerprint density at radius 2 is 1.54 bits per heavy atom. The van der Waals surface area contributed by atoms with Gasteiger partial charge < -0.3 is 10.5 Å². The Hall–Kier alpha value is -3.69. The smallest absolute Gasteiger partial charge is 0.411 e. The maximum Gasteiger partial charge on any atom is 0.411 e. The van der Waals surface area contributed by atoms with E-state index < -0.39 is 6.09 Å². The Balaban J connectivity index is 1.78. The molecule has 0 unspecified atom stereocenters. The molecule has 120 valence electrons. The first-order valence-corrected chi connectivity index (χ1v) is 6.76. The Bertz CT molecular complexity index is 834. The maximum atomic E-state index is 11.1. The molecule has 10 heteroatoms. The van der Waals surface area contributed by atoms with Gasteiger partial charge in [0.15, 0.2) is 0 Å². The number of pyridine rings is 2. The average Bonchev–Trinajstić information content (AvgIpc) is 2.63. The maximum absolute atomic E-state index is 11.1. The molecule has 0 fully saturated rings. The fraction of sp³-hybridized carbons (Fsp3) is 0.0714. The molecule has 0 saturated carbocycles. The summed E-state index contributed by atoms with van der Waals surface area (Å²) in [4.78, 5) is 19.4. The monoisotopic (exact) mass is 324 g/mol. The summed E-state index contributed by atoms with van der Waals surface area (Å²) in [5.74, 6) is 0.529. The van der Waals surface area contributed by atoms with Gasteiger partial charge >= 0.3 is 6.09 Å². The van der Waals surface area contributed by atoms with Gasteiger partial charge in [0.25, 0.3) is 0 Å². The summed E-state index contributed by atoms with van der Waals surface area (Å²) in [7, 11) is 1.28. The number of nitrogens with two attached hydrogens (primary N) is 1. The van der Waals surface area contributed by atoms with Crippen LogP contribution >= 0.6 is 0 Å². The number of nitrogens with one attached hydrogen (secondary N) is 1. The van der Waals surface area contributed by atoms with Crippen molar-refractivity contribution in [2.24, 2.45) is 0 Å². The minimum Gasteiger partial charge on any atom is -0.453 e. The van der Waals surface area contributed by atoms with Crippen LogP contribution < -0.4 is 11.1 Å². The van der Waals surface area contributed by atoms with Crippen LogP contribution in [0.4, 0.5) is 16.2 Å². The summed E-state index contributed by atoms with van der Waals surface area (Å²) in [6.45, 7) is 0. The van der Waals surface area contributed by atoms with Gasteiger partial charge in [-0.3, -0.25) is 15.3 Å². The molecule has 0 aliphatic rings. The standard InChI is InChI=1S/C14H12N8O2/c1-24-14(23)18-9-3-5-11(17-7-9)13-21-19-12(20-22-13)10-4-2-8(15)6-16-10/h2-7H,15H2,1H3,(H,18,23). The van der Waals surface area contributed by atoms with Crippen molar-refractivity contribution in [3.05, 3.63) is 36.7 Å². The molecule has 0 aliphatic heterocycles. The number of ether oxygens (including phenoxy) is 1. The molecular formula is C14H12N8O2. The Morgan fingerprint density at radius 1 is 0.958 bits per heavy atom. The third-order valence-corrected chi connectivity index (χ3v) is 2.92. The van der Waals surface area contributed by atoms with Crippen LogP contribution in [-0.4, -0.2) is 43.6 Å². The number of hydrogen-bond donors (Lipinski definition) is 2. The molecule has 3 N–H and O–H groups in total. The van der Waals surface area contributed by atoms with Crippen molar-refractivity contribution in [3.63, 3.8) is 0 Å². The van der Waals surface area contributed by atoms with E-state index in [-0.39, 0.29) is 11.6 Å². The zero-order valence-electron chi connectivity index (χ0n) is 12.5. The zero-order valence-corrected chi connectivity index (χ0v) is 12.5. The van der Waals surface area contributed by atoms with Crippen LogP contribution in [0.2, 0.25) is 0 Å². The quantitative estimate of drug-likeness (QED) is 0.725. The molecule has 3 heterocycles. The van der Waals surface area contributed by atoms with Gasteiger partial charge in [0.2, 0.25) is 11.6 Å². The third kappa shape index (κ3) is 3.38. The molecular weight excluding hydrogens is 312 g/mol. The second-order valence-electron chi connectivity index (χ2n) is 4.57. The topological polar surface area (TPSA) is 142 Å². The highest BCUT2D eigenvalue weighted by Crippen LogP contribution is 2.15. The first-order valence-electron chi connectivity index (χ1n) is 6.76. The molecule has 0 atom stereocenters. The summed E-state index contributed by atoms with van der Waals surface area (Å²) >= 11 is 0. The van der Waals surface area contributed by atoms with Crippen LogP contribution in [0.1, 0.15) is 0 Å². The van der Waals surface area contributed by atoms with Crippen LogP contribution in [0.25, 0.3) is 23.0 Å². The lowest BCUT2D eigenvalue weighted by atomic mass is 10.3. The molecule has 0 radical (unpaired) electrons. The highest BCUT2D eigenvalue weighted by molar-refractivity contribution is 5.84. The number of nitrogen functional groups attached to an aromatic ring is 1. The van der Waals surface area contributed by atoms with Crippen LogP contribution in [0.5, 0.6) is 0 Å². The number of aromatic nitrogens is 6. The van der Waals surface area contributed by atoms with E-state index in [2.05, 4.69) is 40.4 Å². The number of carbonyl (C=O) groups is 1. The van der Waals surface area contributed by atoms with Crippen LogP contribution in [0, 0.1) is 0 Å². The van der Waals surface area contributed by atoms with E-state index in [4.69, 9.17) is 5.73 Å². The molecule has 0 aromatic carbocycles. The lowest BCUT2D eigenvalue weighted by molar-refractivity contribution is 0.187. The van der Waals surface area contributed by atoms with E-state index in [9.17, 15) is 4.79 Å². The van der Waals surface area contributed by atoms with Crippen LogP contribution in [0.3, 0.4) is 0 Å². The van der Waals surface area contributed by atoms with Gasteiger partial charge in [-0.2, -0.15) is 0 Å². The number of amides is 1. The van der Waals surface area contributed by atoms with Crippen molar-refractivity contribution < 1.29 is 9.53 Å². The second kappa shape index (κ2) is 6.60. The fourth-order valence-electron chi connectivity index (χ4n) is 1.74. The first-order chi connectivity index (χ1) is 11.7. The molecule has 24 heavy (non-hydrogen) atoms. The molecule has 3 rings (SSSR count). The number of methoxy groups -OCH3 is 1. The summed E-state index contributed by atoms with van der Waals surface area (Å²) in [5, 5.41) is 18.4. The number of rotatable bonds is 3. The zero-order chi connectivity index (χ0) is 16.9. The Labute approximate surface area is 136 Å². The van der Waals surface area contributed by atoms with Crippen molar-refractivity contribution in [2.45, 2.75) is 0 Å². The number of carbonyl (C=O) groups excluding carboxylic acids is 1. The van der Waals surface area contributed by atoms with E-state index >= 15 is 0 Å².